The van der Waals surface area contributed by atoms with Crippen molar-refractivity contribution in [1.82, 2.24) is 14.3 Å². The zero-order valence-electron chi connectivity index (χ0n) is 10.3. The summed E-state index contributed by atoms with van der Waals surface area (Å²) in [4.78, 5) is 14.2. The molecule has 0 aliphatic heterocycles. The van der Waals surface area contributed by atoms with Crippen LogP contribution >= 0.6 is 0 Å². The van der Waals surface area contributed by atoms with Crippen LogP contribution in [0.5, 0.6) is 0 Å². The first-order chi connectivity index (χ1) is 8.93. The summed E-state index contributed by atoms with van der Waals surface area (Å²) in [5.41, 5.74) is 0.543. The number of benzene rings is 1. The van der Waals surface area contributed by atoms with Gasteiger partial charge in [-0.3, -0.25) is 4.57 Å². The van der Waals surface area contributed by atoms with Gasteiger partial charge in [-0.05, 0) is 25.1 Å². The molecule has 6 nitrogen and oxygen atoms in total. The van der Waals surface area contributed by atoms with Crippen molar-refractivity contribution >= 4 is 21.1 Å². The van der Waals surface area contributed by atoms with E-state index in [0.29, 0.717) is 11.0 Å². The summed E-state index contributed by atoms with van der Waals surface area (Å²) in [6.07, 6.45) is 0. The molecule has 2 aromatic rings. The normalized spacial score (nSPS) is 12.1. The molecule has 0 unspecified atom stereocenters. The lowest BCUT2D eigenvalue weighted by Crippen LogP contribution is -2.31. The molecule has 0 fully saturated rings. The second-order valence-electron chi connectivity index (χ2n) is 4.04. The molecule has 1 aromatic carbocycles. The van der Waals surface area contributed by atoms with Crippen molar-refractivity contribution in [3.05, 3.63) is 34.5 Å². The van der Waals surface area contributed by atoms with E-state index in [2.05, 4.69) is 9.71 Å². The molecule has 0 aliphatic carbocycles. The van der Waals surface area contributed by atoms with Crippen LogP contribution in [0.3, 0.4) is 0 Å². The van der Waals surface area contributed by atoms with Crippen molar-refractivity contribution in [2.75, 3.05) is 12.3 Å². The van der Waals surface area contributed by atoms with Crippen LogP contribution in [0.2, 0.25) is 0 Å². The number of nitrogens with one attached hydrogen (secondary N) is 2. The van der Waals surface area contributed by atoms with Crippen LogP contribution in [0.1, 0.15) is 6.92 Å². The highest BCUT2D eigenvalue weighted by atomic mass is 32.2. The Balaban J connectivity index is 2.22. The Hall–Kier alpha value is -1.67. The summed E-state index contributed by atoms with van der Waals surface area (Å²) in [6.45, 7) is 1.83. The highest BCUT2D eigenvalue weighted by Gasteiger charge is 2.09. The van der Waals surface area contributed by atoms with E-state index in [4.69, 9.17) is 0 Å². The van der Waals surface area contributed by atoms with Gasteiger partial charge in [-0.25, -0.2) is 22.3 Å². The molecule has 0 amide bonds. The van der Waals surface area contributed by atoms with Crippen LogP contribution in [-0.4, -0.2) is 30.3 Å². The summed E-state index contributed by atoms with van der Waals surface area (Å²) < 4.78 is 39.3. The summed E-state index contributed by atoms with van der Waals surface area (Å²) in [5, 5.41) is 0. The van der Waals surface area contributed by atoms with Crippen molar-refractivity contribution in [2.24, 2.45) is 0 Å². The lowest BCUT2D eigenvalue weighted by molar-refractivity contribution is 0.574. The topological polar surface area (TPSA) is 84.0 Å². The number of hydrogen-bond acceptors (Lipinski definition) is 3. The Morgan fingerprint density at radius 3 is 2.84 bits per heavy atom. The molecule has 104 valence electrons. The van der Waals surface area contributed by atoms with E-state index in [9.17, 15) is 17.6 Å². The maximum atomic E-state index is 13.0. The Morgan fingerprint density at radius 1 is 1.42 bits per heavy atom. The lowest BCUT2D eigenvalue weighted by atomic mass is 10.3. The number of aromatic nitrogens is 2. The molecule has 1 aromatic heterocycles. The highest BCUT2D eigenvalue weighted by Crippen LogP contribution is 2.11. The van der Waals surface area contributed by atoms with Crippen molar-refractivity contribution in [1.29, 1.82) is 0 Å². The minimum Gasteiger partial charge on any atom is -0.305 e. The molecular weight excluding hydrogens is 273 g/mol. The first-order valence-electron chi connectivity index (χ1n) is 5.78. The number of nitrogens with zero attached hydrogens (tertiary/aromatic N) is 1. The van der Waals surface area contributed by atoms with Gasteiger partial charge in [-0.2, -0.15) is 0 Å². The molecule has 0 atom stereocenters. The molecule has 2 rings (SSSR count). The van der Waals surface area contributed by atoms with Crippen LogP contribution in [0, 0.1) is 5.82 Å². The molecule has 0 radical (unpaired) electrons. The maximum absolute atomic E-state index is 13.0. The van der Waals surface area contributed by atoms with Crippen LogP contribution in [0.25, 0.3) is 11.0 Å². The second kappa shape index (κ2) is 5.14. The number of aromatic amines is 1. The number of hydrogen-bond donors (Lipinski definition) is 2. The average Bonchev–Trinajstić information content (AvgIpc) is 2.65. The van der Waals surface area contributed by atoms with E-state index < -0.39 is 21.5 Å². The van der Waals surface area contributed by atoms with Crippen molar-refractivity contribution in [2.45, 2.75) is 13.5 Å². The molecule has 0 saturated heterocycles. The number of sulfonamides is 1. The minimum atomic E-state index is -3.28. The molecule has 0 saturated carbocycles. The number of rotatable bonds is 5. The van der Waals surface area contributed by atoms with Crippen LogP contribution in [0.4, 0.5) is 4.39 Å². The number of halogens is 1. The van der Waals surface area contributed by atoms with E-state index in [1.165, 1.54) is 29.7 Å². The van der Waals surface area contributed by atoms with Gasteiger partial charge >= 0.3 is 5.69 Å². The number of fused-ring (bicyclic) bond motifs is 1. The van der Waals surface area contributed by atoms with E-state index >= 15 is 0 Å². The van der Waals surface area contributed by atoms with Crippen LogP contribution in [-0.2, 0) is 16.6 Å². The predicted octanol–water partition coefficient (Wildman–Crippen LogP) is 0.408. The monoisotopic (exact) mass is 287 g/mol. The molecule has 8 heteroatoms. The van der Waals surface area contributed by atoms with Gasteiger partial charge in [0.15, 0.2) is 0 Å². The molecule has 0 bridgehead atoms. The van der Waals surface area contributed by atoms with E-state index in [1.54, 1.807) is 0 Å². The van der Waals surface area contributed by atoms with Crippen molar-refractivity contribution < 1.29 is 12.8 Å². The van der Waals surface area contributed by atoms with Gasteiger partial charge in [0, 0.05) is 13.1 Å². The van der Waals surface area contributed by atoms with E-state index in [1.807, 2.05) is 0 Å². The lowest BCUT2D eigenvalue weighted by Gasteiger charge is -2.05. The molecule has 2 N–H and O–H groups in total. The average molecular weight is 287 g/mol. The summed E-state index contributed by atoms with van der Waals surface area (Å²) in [5.74, 6) is -0.450. The molecule has 1 heterocycles. The zero-order chi connectivity index (χ0) is 14.0. The number of imidazole rings is 1. The Bertz CT molecular complexity index is 748. The molecule has 19 heavy (non-hydrogen) atoms. The second-order valence-corrected chi connectivity index (χ2v) is 6.14. The highest BCUT2D eigenvalue weighted by molar-refractivity contribution is 7.89. The van der Waals surface area contributed by atoms with Gasteiger partial charge < -0.3 is 4.98 Å². The van der Waals surface area contributed by atoms with Crippen LogP contribution in [0.15, 0.2) is 23.0 Å². The fourth-order valence-corrected chi connectivity index (χ4v) is 2.38. The predicted molar refractivity (Wildman–Crippen MR) is 70.0 cm³/mol. The molecule has 0 aliphatic rings. The van der Waals surface area contributed by atoms with Gasteiger partial charge in [-0.1, -0.05) is 0 Å². The Kier molecular flexibility index (Phi) is 3.72. The molecule has 0 spiro atoms. The SMILES string of the molecule is CCS(=O)(=O)NCCn1c(=O)[nH]c2cc(F)ccc21. The fourth-order valence-electron chi connectivity index (χ4n) is 1.77. The third-order valence-corrected chi connectivity index (χ3v) is 4.18. The summed E-state index contributed by atoms with van der Waals surface area (Å²) in [7, 11) is -3.28. The Morgan fingerprint density at radius 2 is 2.16 bits per heavy atom. The van der Waals surface area contributed by atoms with Gasteiger partial charge in [0.1, 0.15) is 5.82 Å². The minimum absolute atomic E-state index is 0.0129. The standard InChI is InChI=1S/C11H14FN3O3S/c1-2-19(17,18)13-5-6-15-10-4-3-8(12)7-9(10)14-11(15)16/h3-4,7,13H,2,5-6H2,1H3,(H,14,16). The van der Waals surface area contributed by atoms with E-state index in [-0.39, 0.29) is 18.8 Å². The van der Waals surface area contributed by atoms with Gasteiger partial charge in [0.05, 0.1) is 16.8 Å². The zero-order valence-corrected chi connectivity index (χ0v) is 11.1. The first-order valence-corrected chi connectivity index (χ1v) is 7.43. The first kappa shape index (κ1) is 13.8. The van der Waals surface area contributed by atoms with Gasteiger partial charge in [0.2, 0.25) is 10.0 Å². The van der Waals surface area contributed by atoms with Gasteiger partial charge in [0.25, 0.3) is 0 Å². The summed E-state index contributed by atoms with van der Waals surface area (Å²) >= 11 is 0. The maximum Gasteiger partial charge on any atom is 0.326 e. The van der Waals surface area contributed by atoms with Crippen molar-refractivity contribution in [3.63, 3.8) is 0 Å². The third kappa shape index (κ3) is 3.02. The van der Waals surface area contributed by atoms with Crippen molar-refractivity contribution in [3.8, 4) is 0 Å². The molecular formula is C11H14FN3O3S. The van der Waals surface area contributed by atoms with Gasteiger partial charge in [-0.15, -0.1) is 0 Å². The van der Waals surface area contributed by atoms with E-state index in [0.717, 1.165) is 0 Å². The Labute approximate surface area is 109 Å². The largest absolute Gasteiger partial charge is 0.326 e. The third-order valence-electron chi connectivity index (χ3n) is 2.77. The van der Waals surface area contributed by atoms with Crippen LogP contribution < -0.4 is 10.4 Å². The smallest absolute Gasteiger partial charge is 0.305 e. The quantitative estimate of drug-likeness (QED) is 0.835. The number of H-pyrrole nitrogens is 1. The fraction of sp³-hybridized carbons (Fsp3) is 0.364. The summed E-state index contributed by atoms with van der Waals surface area (Å²) in [6, 6.07) is 3.96.